The highest BCUT2D eigenvalue weighted by Crippen LogP contribution is 2.28. The molecule has 0 spiro atoms. The number of ketones is 1. The molecule has 0 unspecified atom stereocenters. The number of Topliss-reactive ketones (excluding diaryl/α,β-unsaturated/α-hetero) is 1. The van der Waals surface area contributed by atoms with Crippen molar-refractivity contribution in [2.24, 2.45) is 0 Å². The summed E-state index contributed by atoms with van der Waals surface area (Å²) >= 11 is 0. The van der Waals surface area contributed by atoms with Gasteiger partial charge >= 0.3 is 0 Å². The summed E-state index contributed by atoms with van der Waals surface area (Å²) in [6, 6.07) is 0. The second-order valence-corrected chi connectivity index (χ2v) is 3.50. The summed E-state index contributed by atoms with van der Waals surface area (Å²) in [5, 5.41) is 0. The van der Waals surface area contributed by atoms with Crippen molar-refractivity contribution in [2.45, 2.75) is 6.42 Å². The van der Waals surface area contributed by atoms with Crippen LogP contribution in [0.3, 0.4) is 0 Å². The first-order valence-electron chi connectivity index (χ1n) is 5.04. The third-order valence-electron chi connectivity index (χ3n) is 2.49. The highest BCUT2D eigenvalue weighted by atomic mass is 16.5. The van der Waals surface area contributed by atoms with Gasteiger partial charge in [0.05, 0.1) is 5.57 Å². The third-order valence-corrected chi connectivity index (χ3v) is 2.49. The first-order chi connectivity index (χ1) is 7.76. The maximum absolute atomic E-state index is 12.1. The number of ether oxygens (including phenoxy) is 1. The molecule has 2 nitrogen and oxygen atoms in total. The minimum absolute atomic E-state index is 0.0418. The van der Waals surface area contributed by atoms with E-state index in [0.29, 0.717) is 23.3 Å². The predicted octanol–water partition coefficient (Wildman–Crippen LogP) is 2.98. The number of fused-ring (bicyclic) bond motifs is 2. The van der Waals surface area contributed by atoms with Gasteiger partial charge in [0, 0.05) is 12.0 Å². The zero-order chi connectivity index (χ0) is 11.5. The molecule has 2 heteroatoms. The Hall–Kier alpha value is -2.09. The SMILES string of the molecule is C=CC1=C(C=C)C(=O)C2=CC=CC=C(C2)O1. The first-order valence-corrected chi connectivity index (χ1v) is 5.04. The zero-order valence-corrected chi connectivity index (χ0v) is 8.90. The Morgan fingerprint density at radius 2 is 1.94 bits per heavy atom. The van der Waals surface area contributed by atoms with Crippen molar-refractivity contribution in [3.8, 4) is 0 Å². The molecule has 2 aliphatic rings. The van der Waals surface area contributed by atoms with Crippen molar-refractivity contribution in [1.29, 1.82) is 0 Å². The molecule has 0 aromatic heterocycles. The fourth-order valence-corrected chi connectivity index (χ4v) is 1.69. The number of rotatable bonds is 2. The largest absolute Gasteiger partial charge is 0.461 e. The summed E-state index contributed by atoms with van der Waals surface area (Å²) < 4.78 is 5.62. The standard InChI is InChI=1S/C14H12O2/c1-3-12-13(4-2)16-11-8-6-5-7-10(9-11)14(12)15/h3-8H,1-2,9H2. The first kappa shape index (κ1) is 10.4. The summed E-state index contributed by atoms with van der Waals surface area (Å²) in [5.41, 5.74) is 1.19. The van der Waals surface area contributed by atoms with Gasteiger partial charge in [-0.3, -0.25) is 4.79 Å². The quantitative estimate of drug-likeness (QED) is 0.703. The topological polar surface area (TPSA) is 26.3 Å². The van der Waals surface area contributed by atoms with Crippen molar-refractivity contribution in [1.82, 2.24) is 0 Å². The number of hydrogen-bond acceptors (Lipinski definition) is 2. The molecule has 0 aromatic rings. The Morgan fingerprint density at radius 1 is 1.19 bits per heavy atom. The predicted molar refractivity (Wildman–Crippen MR) is 63.4 cm³/mol. The molecule has 1 aliphatic carbocycles. The summed E-state index contributed by atoms with van der Waals surface area (Å²) in [5.74, 6) is 1.19. The van der Waals surface area contributed by atoms with Crippen molar-refractivity contribution < 1.29 is 9.53 Å². The molecule has 80 valence electrons. The van der Waals surface area contributed by atoms with E-state index in [1.165, 1.54) is 12.2 Å². The third kappa shape index (κ3) is 1.70. The number of carbonyl (C=O) groups excluding carboxylic acids is 1. The molecule has 2 rings (SSSR count). The second kappa shape index (κ2) is 4.19. The van der Waals surface area contributed by atoms with E-state index in [1.807, 2.05) is 24.3 Å². The molecule has 0 saturated heterocycles. The Morgan fingerprint density at radius 3 is 2.62 bits per heavy atom. The van der Waals surface area contributed by atoms with Crippen LogP contribution < -0.4 is 0 Å². The van der Waals surface area contributed by atoms with E-state index in [0.717, 1.165) is 5.76 Å². The van der Waals surface area contributed by atoms with Crippen molar-refractivity contribution in [3.05, 3.63) is 72.3 Å². The lowest BCUT2D eigenvalue weighted by molar-refractivity contribution is -0.112. The molecule has 0 aromatic carbocycles. The van der Waals surface area contributed by atoms with Gasteiger partial charge < -0.3 is 4.74 Å². The average Bonchev–Trinajstić information content (AvgIpc) is 2.59. The molecule has 16 heavy (non-hydrogen) atoms. The molecule has 0 saturated carbocycles. The van der Waals surface area contributed by atoms with Gasteiger partial charge in [-0.25, -0.2) is 0 Å². The number of allylic oxidation sites excluding steroid dienone is 8. The summed E-state index contributed by atoms with van der Waals surface area (Å²) in [4.78, 5) is 12.1. The minimum atomic E-state index is -0.0418. The van der Waals surface area contributed by atoms with E-state index in [4.69, 9.17) is 4.74 Å². The lowest BCUT2D eigenvalue weighted by atomic mass is 10.0. The van der Waals surface area contributed by atoms with Crippen molar-refractivity contribution in [2.75, 3.05) is 0 Å². The Kier molecular flexibility index (Phi) is 2.73. The van der Waals surface area contributed by atoms with Gasteiger partial charge in [0.2, 0.25) is 0 Å². The Bertz CT molecular complexity index is 485. The molecule has 0 amide bonds. The van der Waals surface area contributed by atoms with Crippen LogP contribution in [0.1, 0.15) is 6.42 Å². The number of carbonyl (C=O) groups is 1. The number of hydrogen-bond donors (Lipinski definition) is 0. The van der Waals surface area contributed by atoms with Crippen LogP contribution in [0.2, 0.25) is 0 Å². The van der Waals surface area contributed by atoms with Crippen LogP contribution in [0.25, 0.3) is 0 Å². The van der Waals surface area contributed by atoms with Crippen molar-refractivity contribution >= 4 is 5.78 Å². The second-order valence-electron chi connectivity index (χ2n) is 3.50. The highest BCUT2D eigenvalue weighted by molar-refractivity contribution is 6.11. The zero-order valence-electron chi connectivity index (χ0n) is 8.90. The van der Waals surface area contributed by atoms with Gasteiger partial charge in [-0.2, -0.15) is 0 Å². The molecular formula is C14H12O2. The van der Waals surface area contributed by atoms with E-state index < -0.39 is 0 Å². The lowest BCUT2D eigenvalue weighted by Crippen LogP contribution is -2.04. The normalized spacial score (nSPS) is 19.1. The smallest absolute Gasteiger partial charge is 0.193 e. The van der Waals surface area contributed by atoms with Gasteiger partial charge in [0.1, 0.15) is 11.5 Å². The Labute approximate surface area is 94.6 Å². The molecule has 1 aliphatic heterocycles. The molecule has 2 bridgehead atoms. The van der Waals surface area contributed by atoms with Gasteiger partial charge in [-0.05, 0) is 12.2 Å². The average molecular weight is 212 g/mol. The van der Waals surface area contributed by atoms with Crippen LogP contribution in [-0.4, -0.2) is 5.78 Å². The van der Waals surface area contributed by atoms with Gasteiger partial charge in [-0.1, -0.05) is 37.5 Å². The molecule has 0 radical (unpaired) electrons. The molecule has 0 N–H and O–H groups in total. The molecule has 0 fully saturated rings. The van der Waals surface area contributed by atoms with Crippen LogP contribution >= 0.6 is 0 Å². The fraction of sp³-hybridized carbons (Fsp3) is 0.0714. The fourth-order valence-electron chi connectivity index (χ4n) is 1.69. The van der Waals surface area contributed by atoms with E-state index >= 15 is 0 Å². The van der Waals surface area contributed by atoms with Gasteiger partial charge in [-0.15, -0.1) is 0 Å². The van der Waals surface area contributed by atoms with Crippen molar-refractivity contribution in [3.63, 3.8) is 0 Å². The van der Waals surface area contributed by atoms with Crippen LogP contribution in [0, 0.1) is 0 Å². The van der Waals surface area contributed by atoms with Crippen LogP contribution in [0.4, 0.5) is 0 Å². The Balaban J connectivity index is 2.59. The molecule has 0 atom stereocenters. The van der Waals surface area contributed by atoms with E-state index in [-0.39, 0.29) is 5.78 Å². The van der Waals surface area contributed by atoms with E-state index in [2.05, 4.69) is 13.2 Å². The highest BCUT2D eigenvalue weighted by Gasteiger charge is 2.23. The summed E-state index contributed by atoms with van der Waals surface area (Å²) in [7, 11) is 0. The lowest BCUT2D eigenvalue weighted by Gasteiger charge is -2.06. The maximum Gasteiger partial charge on any atom is 0.193 e. The van der Waals surface area contributed by atoms with E-state index in [1.54, 1.807) is 0 Å². The summed E-state index contributed by atoms with van der Waals surface area (Å²) in [6.07, 6.45) is 10.9. The summed E-state index contributed by atoms with van der Waals surface area (Å²) in [6.45, 7) is 7.29. The van der Waals surface area contributed by atoms with Gasteiger partial charge in [0.15, 0.2) is 5.78 Å². The van der Waals surface area contributed by atoms with Crippen LogP contribution in [-0.2, 0) is 9.53 Å². The van der Waals surface area contributed by atoms with Crippen LogP contribution in [0.15, 0.2) is 72.3 Å². The monoisotopic (exact) mass is 212 g/mol. The maximum atomic E-state index is 12.1. The minimum Gasteiger partial charge on any atom is -0.461 e. The molecular weight excluding hydrogens is 200 g/mol. The van der Waals surface area contributed by atoms with Gasteiger partial charge in [0.25, 0.3) is 0 Å². The van der Waals surface area contributed by atoms with Crippen LogP contribution in [0.5, 0.6) is 0 Å². The molecule has 1 heterocycles. The van der Waals surface area contributed by atoms with E-state index in [9.17, 15) is 4.79 Å².